The molecule has 4 rings (SSSR count). The average molecular weight is 293 g/mol. The molecule has 0 saturated heterocycles. The number of nitrogens with zero attached hydrogens (tertiary/aromatic N) is 1. The highest BCUT2D eigenvalue weighted by Gasteiger charge is 2.29. The largest absolute Gasteiger partial charge is 0.283 e. The Balaban J connectivity index is 2.08. The van der Waals surface area contributed by atoms with E-state index in [0.717, 1.165) is 16.3 Å². The van der Waals surface area contributed by atoms with E-state index >= 15 is 0 Å². The maximum atomic E-state index is 12.2. The SMILES string of the molecule is O=S1(=O)N=C(c2cccc3ccccc23)c2ccccc21. The molecule has 0 bridgehead atoms. The Labute approximate surface area is 122 Å². The molecular formula is C17H11NO2S. The van der Waals surface area contributed by atoms with Crippen LogP contribution in [0.5, 0.6) is 0 Å². The van der Waals surface area contributed by atoms with E-state index in [2.05, 4.69) is 4.40 Å². The lowest BCUT2D eigenvalue weighted by molar-refractivity contribution is 0.599. The second-order valence-corrected chi connectivity index (χ2v) is 6.51. The summed E-state index contributed by atoms with van der Waals surface area (Å²) in [6.45, 7) is 0. The molecule has 0 spiro atoms. The predicted octanol–water partition coefficient (Wildman–Crippen LogP) is 3.38. The number of hydrogen-bond acceptors (Lipinski definition) is 2. The molecule has 0 fully saturated rings. The molecule has 102 valence electrons. The molecule has 3 nitrogen and oxygen atoms in total. The molecule has 0 N–H and O–H groups in total. The number of hydrogen-bond donors (Lipinski definition) is 0. The van der Waals surface area contributed by atoms with E-state index in [0.29, 0.717) is 11.3 Å². The maximum absolute atomic E-state index is 12.2. The first-order chi connectivity index (χ1) is 10.2. The summed E-state index contributed by atoms with van der Waals surface area (Å²) in [6, 6.07) is 20.7. The van der Waals surface area contributed by atoms with Crippen molar-refractivity contribution >= 4 is 26.5 Å². The van der Waals surface area contributed by atoms with Crippen LogP contribution in [-0.4, -0.2) is 14.1 Å². The molecule has 0 atom stereocenters. The quantitative estimate of drug-likeness (QED) is 0.690. The van der Waals surface area contributed by atoms with Crippen LogP contribution < -0.4 is 0 Å². The van der Waals surface area contributed by atoms with Gasteiger partial charge in [-0.3, -0.25) is 0 Å². The van der Waals surface area contributed by atoms with Crippen LogP contribution in [0.3, 0.4) is 0 Å². The molecule has 3 aromatic carbocycles. The summed E-state index contributed by atoms with van der Waals surface area (Å²) in [5.74, 6) is 0. The van der Waals surface area contributed by atoms with Crippen LogP contribution >= 0.6 is 0 Å². The Morgan fingerprint density at radius 1 is 0.714 bits per heavy atom. The zero-order chi connectivity index (χ0) is 14.4. The Bertz CT molecular complexity index is 999. The molecule has 0 saturated carbocycles. The third-order valence-corrected chi connectivity index (χ3v) is 5.01. The Hall–Kier alpha value is -2.46. The van der Waals surface area contributed by atoms with E-state index in [4.69, 9.17) is 0 Å². The molecule has 0 unspecified atom stereocenters. The first kappa shape index (κ1) is 12.3. The Kier molecular flexibility index (Phi) is 2.50. The first-order valence-electron chi connectivity index (χ1n) is 6.59. The van der Waals surface area contributed by atoms with E-state index in [1.165, 1.54) is 0 Å². The van der Waals surface area contributed by atoms with Gasteiger partial charge in [-0.15, -0.1) is 0 Å². The number of sulfonamides is 1. The number of fused-ring (bicyclic) bond motifs is 2. The molecule has 0 radical (unpaired) electrons. The van der Waals surface area contributed by atoms with Crippen molar-refractivity contribution in [2.45, 2.75) is 4.90 Å². The molecule has 1 aliphatic heterocycles. The average Bonchev–Trinajstić information content (AvgIpc) is 2.79. The predicted molar refractivity (Wildman–Crippen MR) is 83.2 cm³/mol. The summed E-state index contributed by atoms with van der Waals surface area (Å²) in [5, 5.41) is 2.07. The van der Waals surface area contributed by atoms with Crippen LogP contribution in [0, 0.1) is 0 Å². The lowest BCUT2D eigenvalue weighted by Crippen LogP contribution is -2.01. The van der Waals surface area contributed by atoms with Crippen LogP contribution in [0.2, 0.25) is 0 Å². The smallest absolute Gasteiger partial charge is 0.199 e. The summed E-state index contributed by atoms with van der Waals surface area (Å²) >= 11 is 0. The Morgan fingerprint density at radius 3 is 2.29 bits per heavy atom. The van der Waals surface area contributed by atoms with Crippen molar-refractivity contribution < 1.29 is 8.42 Å². The summed E-state index contributed by atoms with van der Waals surface area (Å²) in [7, 11) is -3.58. The minimum atomic E-state index is -3.58. The van der Waals surface area contributed by atoms with Crippen molar-refractivity contribution in [2.24, 2.45) is 4.40 Å². The second-order valence-electron chi connectivity index (χ2n) is 4.94. The third kappa shape index (κ3) is 1.80. The molecule has 3 aromatic rings. The van der Waals surface area contributed by atoms with Crippen molar-refractivity contribution in [3.05, 3.63) is 77.9 Å². The van der Waals surface area contributed by atoms with Gasteiger partial charge in [0.05, 0.1) is 10.6 Å². The minimum Gasteiger partial charge on any atom is -0.199 e. The van der Waals surface area contributed by atoms with Gasteiger partial charge in [-0.2, -0.15) is 12.8 Å². The highest BCUT2D eigenvalue weighted by Crippen LogP contribution is 2.31. The van der Waals surface area contributed by atoms with Gasteiger partial charge in [-0.25, -0.2) is 0 Å². The van der Waals surface area contributed by atoms with Gasteiger partial charge in [0.25, 0.3) is 10.0 Å². The summed E-state index contributed by atoms with van der Waals surface area (Å²) < 4.78 is 28.4. The lowest BCUT2D eigenvalue weighted by Gasteiger charge is -2.06. The monoisotopic (exact) mass is 293 g/mol. The van der Waals surface area contributed by atoms with Gasteiger partial charge in [-0.1, -0.05) is 60.7 Å². The van der Waals surface area contributed by atoms with E-state index < -0.39 is 10.0 Å². The summed E-state index contributed by atoms with van der Waals surface area (Å²) in [4.78, 5) is 0.285. The van der Waals surface area contributed by atoms with E-state index in [-0.39, 0.29) is 4.90 Å². The molecule has 0 aromatic heterocycles. The zero-order valence-electron chi connectivity index (χ0n) is 11.0. The molecule has 0 aliphatic carbocycles. The van der Waals surface area contributed by atoms with Gasteiger partial charge in [0, 0.05) is 11.1 Å². The van der Waals surface area contributed by atoms with Gasteiger partial charge in [0.1, 0.15) is 0 Å². The molecule has 1 heterocycles. The van der Waals surface area contributed by atoms with Gasteiger partial charge in [-0.05, 0) is 16.8 Å². The minimum absolute atomic E-state index is 0.285. The highest BCUT2D eigenvalue weighted by atomic mass is 32.2. The molecule has 21 heavy (non-hydrogen) atoms. The molecule has 0 amide bonds. The van der Waals surface area contributed by atoms with Crippen molar-refractivity contribution in [3.8, 4) is 0 Å². The van der Waals surface area contributed by atoms with Gasteiger partial charge in [0.2, 0.25) is 0 Å². The maximum Gasteiger partial charge on any atom is 0.283 e. The topological polar surface area (TPSA) is 46.5 Å². The van der Waals surface area contributed by atoms with Crippen molar-refractivity contribution in [2.75, 3.05) is 0 Å². The van der Waals surface area contributed by atoms with Crippen LogP contribution in [0.25, 0.3) is 10.8 Å². The fraction of sp³-hybridized carbons (Fsp3) is 0. The first-order valence-corrected chi connectivity index (χ1v) is 8.03. The molecule has 1 aliphatic rings. The third-order valence-electron chi connectivity index (χ3n) is 3.68. The van der Waals surface area contributed by atoms with Gasteiger partial charge >= 0.3 is 0 Å². The standard InChI is InChI=1S/C17H11NO2S/c19-21(20)16-11-4-3-9-15(16)17(18-21)14-10-5-7-12-6-1-2-8-13(12)14/h1-11H. The zero-order valence-corrected chi connectivity index (χ0v) is 11.8. The fourth-order valence-electron chi connectivity index (χ4n) is 2.73. The fourth-order valence-corrected chi connectivity index (χ4v) is 3.96. The van der Waals surface area contributed by atoms with Crippen LogP contribution in [0.1, 0.15) is 11.1 Å². The van der Waals surface area contributed by atoms with Crippen LogP contribution in [0.15, 0.2) is 76.0 Å². The van der Waals surface area contributed by atoms with E-state index in [1.807, 2.05) is 48.5 Å². The van der Waals surface area contributed by atoms with Crippen molar-refractivity contribution in [3.63, 3.8) is 0 Å². The molecule has 4 heteroatoms. The lowest BCUT2D eigenvalue weighted by atomic mass is 9.97. The van der Waals surface area contributed by atoms with E-state index in [1.54, 1.807) is 18.2 Å². The van der Waals surface area contributed by atoms with Crippen LogP contribution in [-0.2, 0) is 10.0 Å². The second kappa shape index (κ2) is 4.27. The molecular weight excluding hydrogens is 282 g/mol. The number of benzene rings is 3. The van der Waals surface area contributed by atoms with Crippen molar-refractivity contribution in [1.82, 2.24) is 0 Å². The normalized spacial score (nSPS) is 15.7. The van der Waals surface area contributed by atoms with Gasteiger partial charge in [0.15, 0.2) is 0 Å². The summed E-state index contributed by atoms with van der Waals surface area (Å²) in [5.41, 5.74) is 2.05. The number of rotatable bonds is 1. The van der Waals surface area contributed by atoms with E-state index in [9.17, 15) is 8.42 Å². The van der Waals surface area contributed by atoms with Crippen molar-refractivity contribution in [1.29, 1.82) is 0 Å². The van der Waals surface area contributed by atoms with Crippen LogP contribution in [0.4, 0.5) is 0 Å². The Morgan fingerprint density at radius 2 is 1.38 bits per heavy atom. The summed E-state index contributed by atoms with van der Waals surface area (Å²) in [6.07, 6.45) is 0. The highest BCUT2D eigenvalue weighted by molar-refractivity contribution is 7.90. The van der Waals surface area contributed by atoms with Gasteiger partial charge < -0.3 is 0 Å².